The van der Waals surface area contributed by atoms with E-state index in [2.05, 4.69) is 10.1 Å². The zero-order valence-electron chi connectivity index (χ0n) is 11.1. The van der Waals surface area contributed by atoms with Gasteiger partial charge in [0.1, 0.15) is 0 Å². The fourth-order valence-electron chi connectivity index (χ4n) is 1.81. The minimum Gasteiger partial charge on any atom is -0.463 e. The summed E-state index contributed by atoms with van der Waals surface area (Å²) in [5.41, 5.74) is 0.636. The molecule has 0 atom stereocenters. The summed E-state index contributed by atoms with van der Waals surface area (Å²) < 4.78 is 9.45. The molecule has 0 saturated heterocycles. The van der Waals surface area contributed by atoms with Gasteiger partial charge in [0.2, 0.25) is 0 Å². The van der Waals surface area contributed by atoms with Crippen LogP contribution < -0.4 is 5.32 Å². The van der Waals surface area contributed by atoms with Crippen LogP contribution in [-0.4, -0.2) is 25.3 Å². The molecule has 20 heavy (non-hydrogen) atoms. The molecular weight excluding hydrogens is 258 g/mol. The Kier molecular flexibility index (Phi) is 4.55. The van der Waals surface area contributed by atoms with Crippen molar-refractivity contribution in [1.82, 2.24) is 0 Å². The summed E-state index contributed by atoms with van der Waals surface area (Å²) in [6, 6.07) is 13.2. The van der Waals surface area contributed by atoms with Crippen molar-refractivity contribution in [3.63, 3.8) is 0 Å². The Morgan fingerprint density at radius 2 is 1.80 bits per heavy atom. The van der Waals surface area contributed by atoms with Crippen molar-refractivity contribution in [3.05, 3.63) is 42.5 Å². The first-order chi connectivity index (χ1) is 9.70. The Morgan fingerprint density at radius 3 is 2.60 bits per heavy atom. The Balaban J connectivity index is 2.01. The summed E-state index contributed by atoms with van der Waals surface area (Å²) >= 11 is 0. The third kappa shape index (κ3) is 3.47. The molecule has 0 aliphatic rings. The van der Waals surface area contributed by atoms with Crippen molar-refractivity contribution in [2.75, 3.05) is 18.5 Å². The van der Waals surface area contributed by atoms with Gasteiger partial charge in [-0.15, -0.1) is 0 Å². The van der Waals surface area contributed by atoms with Gasteiger partial charge in [0.15, 0.2) is 6.61 Å². The van der Waals surface area contributed by atoms with Crippen LogP contribution in [0.1, 0.15) is 6.92 Å². The van der Waals surface area contributed by atoms with E-state index in [1.54, 1.807) is 13.0 Å². The van der Waals surface area contributed by atoms with Crippen molar-refractivity contribution >= 4 is 28.5 Å². The SMILES string of the molecule is CCOC(=O)COC(=O)Nc1cccc2ccccc12. The lowest BCUT2D eigenvalue weighted by Crippen LogP contribution is -2.20. The number of hydrogen-bond acceptors (Lipinski definition) is 4. The van der Waals surface area contributed by atoms with E-state index < -0.39 is 18.7 Å². The standard InChI is InChI=1S/C15H15NO4/c1-2-19-14(17)10-20-15(18)16-13-9-5-7-11-6-3-4-8-12(11)13/h3-9H,2,10H2,1H3,(H,16,18). The Bertz CT molecular complexity index is 619. The minimum absolute atomic E-state index is 0.257. The van der Waals surface area contributed by atoms with E-state index in [1.807, 2.05) is 36.4 Å². The highest BCUT2D eigenvalue weighted by Crippen LogP contribution is 2.22. The van der Waals surface area contributed by atoms with Gasteiger partial charge in [0.25, 0.3) is 0 Å². The van der Waals surface area contributed by atoms with Crippen LogP contribution in [0.15, 0.2) is 42.5 Å². The smallest absolute Gasteiger partial charge is 0.412 e. The van der Waals surface area contributed by atoms with Crippen LogP contribution in [0.2, 0.25) is 0 Å². The molecule has 5 nitrogen and oxygen atoms in total. The van der Waals surface area contributed by atoms with Gasteiger partial charge in [0, 0.05) is 5.39 Å². The Labute approximate surface area is 116 Å². The molecule has 0 aromatic heterocycles. The zero-order chi connectivity index (χ0) is 14.4. The van der Waals surface area contributed by atoms with Crippen molar-refractivity contribution in [2.45, 2.75) is 6.92 Å². The van der Waals surface area contributed by atoms with Gasteiger partial charge in [-0.2, -0.15) is 0 Å². The largest absolute Gasteiger partial charge is 0.463 e. The highest BCUT2D eigenvalue weighted by atomic mass is 16.6. The number of esters is 1. The summed E-state index contributed by atoms with van der Waals surface area (Å²) in [6.45, 7) is 1.55. The van der Waals surface area contributed by atoms with Crippen LogP contribution in [0.25, 0.3) is 10.8 Å². The van der Waals surface area contributed by atoms with Crippen LogP contribution >= 0.6 is 0 Å². The molecule has 2 rings (SSSR count). The summed E-state index contributed by atoms with van der Waals surface area (Å²) in [4.78, 5) is 22.7. The van der Waals surface area contributed by atoms with Gasteiger partial charge in [-0.05, 0) is 18.4 Å². The second-order valence-corrected chi connectivity index (χ2v) is 4.03. The summed E-state index contributed by atoms with van der Waals surface area (Å²) in [5.74, 6) is -0.569. The fourth-order valence-corrected chi connectivity index (χ4v) is 1.81. The van der Waals surface area contributed by atoms with Gasteiger partial charge in [-0.25, -0.2) is 9.59 Å². The van der Waals surface area contributed by atoms with Crippen molar-refractivity contribution in [2.24, 2.45) is 0 Å². The van der Waals surface area contributed by atoms with E-state index in [1.165, 1.54) is 0 Å². The second-order valence-electron chi connectivity index (χ2n) is 4.03. The lowest BCUT2D eigenvalue weighted by molar-refractivity contribution is -0.146. The Hall–Kier alpha value is -2.56. The molecule has 0 spiro atoms. The molecule has 104 valence electrons. The number of rotatable bonds is 4. The van der Waals surface area contributed by atoms with Gasteiger partial charge in [-0.1, -0.05) is 36.4 Å². The number of fused-ring (bicyclic) bond motifs is 1. The molecule has 0 bridgehead atoms. The van der Waals surface area contributed by atoms with E-state index in [-0.39, 0.29) is 6.61 Å². The van der Waals surface area contributed by atoms with E-state index in [0.717, 1.165) is 10.8 Å². The average molecular weight is 273 g/mol. The van der Waals surface area contributed by atoms with Crippen LogP contribution in [-0.2, 0) is 14.3 Å². The summed E-state index contributed by atoms with van der Waals surface area (Å²) in [6.07, 6.45) is -0.686. The highest BCUT2D eigenvalue weighted by Gasteiger charge is 2.09. The lowest BCUT2D eigenvalue weighted by Gasteiger charge is -2.09. The number of carbonyl (C=O) groups is 2. The first-order valence-corrected chi connectivity index (χ1v) is 6.28. The van der Waals surface area contributed by atoms with Gasteiger partial charge in [-0.3, -0.25) is 5.32 Å². The lowest BCUT2D eigenvalue weighted by atomic mass is 10.1. The molecule has 1 N–H and O–H groups in total. The number of anilines is 1. The molecule has 0 fully saturated rings. The summed E-state index contributed by atoms with van der Waals surface area (Å²) in [5, 5.41) is 4.53. The molecule has 5 heteroatoms. The van der Waals surface area contributed by atoms with Crippen molar-refractivity contribution < 1.29 is 19.1 Å². The quantitative estimate of drug-likeness (QED) is 0.870. The van der Waals surface area contributed by atoms with Gasteiger partial charge in [0.05, 0.1) is 12.3 Å². The molecule has 0 aliphatic heterocycles. The van der Waals surface area contributed by atoms with Crippen LogP contribution in [0.4, 0.5) is 10.5 Å². The van der Waals surface area contributed by atoms with Crippen LogP contribution in [0.3, 0.4) is 0 Å². The van der Waals surface area contributed by atoms with E-state index in [9.17, 15) is 9.59 Å². The third-order valence-electron chi connectivity index (χ3n) is 2.65. The number of hydrogen-bond donors (Lipinski definition) is 1. The average Bonchev–Trinajstić information content (AvgIpc) is 2.46. The van der Waals surface area contributed by atoms with E-state index in [0.29, 0.717) is 5.69 Å². The Morgan fingerprint density at radius 1 is 1.05 bits per heavy atom. The maximum absolute atomic E-state index is 11.6. The highest BCUT2D eigenvalue weighted by molar-refractivity contribution is 6.00. The number of benzene rings is 2. The molecule has 0 aliphatic carbocycles. The first kappa shape index (κ1) is 13.9. The normalized spacial score (nSPS) is 10.1. The van der Waals surface area contributed by atoms with Crippen LogP contribution in [0, 0.1) is 0 Å². The van der Waals surface area contributed by atoms with E-state index in [4.69, 9.17) is 4.74 Å². The molecule has 0 heterocycles. The molecular formula is C15H15NO4. The van der Waals surface area contributed by atoms with Crippen molar-refractivity contribution in [3.8, 4) is 0 Å². The molecule has 2 aromatic rings. The third-order valence-corrected chi connectivity index (χ3v) is 2.65. The van der Waals surface area contributed by atoms with Crippen molar-refractivity contribution in [1.29, 1.82) is 0 Å². The number of ether oxygens (including phenoxy) is 2. The summed E-state index contributed by atoms with van der Waals surface area (Å²) in [7, 11) is 0. The monoisotopic (exact) mass is 273 g/mol. The number of carbonyl (C=O) groups excluding carboxylic acids is 2. The topological polar surface area (TPSA) is 64.6 Å². The maximum Gasteiger partial charge on any atom is 0.412 e. The minimum atomic E-state index is -0.686. The van der Waals surface area contributed by atoms with Gasteiger partial charge >= 0.3 is 12.1 Å². The molecule has 0 unspecified atom stereocenters. The predicted octanol–water partition coefficient (Wildman–Crippen LogP) is 2.95. The molecule has 0 saturated carbocycles. The predicted molar refractivity (Wildman–Crippen MR) is 75.6 cm³/mol. The molecule has 2 aromatic carbocycles. The number of nitrogens with one attached hydrogen (secondary N) is 1. The maximum atomic E-state index is 11.6. The zero-order valence-corrected chi connectivity index (χ0v) is 11.1. The second kappa shape index (κ2) is 6.56. The fraction of sp³-hybridized carbons (Fsp3) is 0.200. The molecule has 0 radical (unpaired) electrons. The first-order valence-electron chi connectivity index (χ1n) is 6.28. The van der Waals surface area contributed by atoms with E-state index >= 15 is 0 Å². The van der Waals surface area contributed by atoms with Crippen LogP contribution in [0.5, 0.6) is 0 Å². The molecule has 1 amide bonds. The number of amides is 1. The van der Waals surface area contributed by atoms with Gasteiger partial charge < -0.3 is 9.47 Å².